The van der Waals surface area contributed by atoms with Crippen LogP contribution in [0.4, 0.5) is 0 Å². The van der Waals surface area contributed by atoms with E-state index in [9.17, 15) is 14.4 Å². The van der Waals surface area contributed by atoms with Gasteiger partial charge in [-0.1, -0.05) is 287 Å². The maximum Gasteiger partial charge on any atom is 0.306 e. The number of unbranched alkanes of at least 4 members (excludes halogenated alkanes) is 34. The number of carbonyl (C=O) groups excluding carboxylic acids is 3. The van der Waals surface area contributed by atoms with Crippen LogP contribution < -0.4 is 0 Å². The van der Waals surface area contributed by atoms with Crippen LogP contribution in [0.2, 0.25) is 0 Å². The van der Waals surface area contributed by atoms with Gasteiger partial charge in [0.25, 0.3) is 0 Å². The predicted molar refractivity (Wildman–Crippen MR) is 302 cm³/mol. The van der Waals surface area contributed by atoms with Crippen molar-refractivity contribution in [3.8, 4) is 0 Å². The largest absolute Gasteiger partial charge is 0.462 e. The molecule has 6 heteroatoms. The van der Waals surface area contributed by atoms with Crippen molar-refractivity contribution in [2.75, 3.05) is 13.2 Å². The average Bonchev–Trinajstić information content (AvgIpc) is 3.36. The van der Waals surface area contributed by atoms with Crippen molar-refractivity contribution >= 4 is 17.9 Å². The average molecular weight is 980 g/mol. The van der Waals surface area contributed by atoms with Crippen LogP contribution in [0.25, 0.3) is 0 Å². The molecule has 0 heterocycles. The lowest BCUT2D eigenvalue weighted by atomic mass is 10.0. The molecule has 0 amide bonds. The van der Waals surface area contributed by atoms with Crippen molar-refractivity contribution in [1.82, 2.24) is 0 Å². The van der Waals surface area contributed by atoms with E-state index in [1.54, 1.807) is 0 Å². The van der Waals surface area contributed by atoms with Gasteiger partial charge in [0.1, 0.15) is 13.2 Å². The molecule has 0 fully saturated rings. The minimum absolute atomic E-state index is 0.0693. The third kappa shape index (κ3) is 56.0. The van der Waals surface area contributed by atoms with Gasteiger partial charge in [-0.25, -0.2) is 0 Å². The summed E-state index contributed by atoms with van der Waals surface area (Å²) in [5.74, 6) is -0.864. The zero-order valence-corrected chi connectivity index (χ0v) is 46.5. The summed E-state index contributed by atoms with van der Waals surface area (Å²) in [5.41, 5.74) is 0. The molecule has 0 spiro atoms. The van der Waals surface area contributed by atoms with Gasteiger partial charge in [0.15, 0.2) is 6.10 Å². The summed E-state index contributed by atoms with van der Waals surface area (Å²) >= 11 is 0. The first kappa shape index (κ1) is 67.1. The molecular weight excluding hydrogens is 865 g/mol. The van der Waals surface area contributed by atoms with Crippen molar-refractivity contribution < 1.29 is 28.6 Å². The van der Waals surface area contributed by atoms with E-state index in [-0.39, 0.29) is 31.1 Å². The lowest BCUT2D eigenvalue weighted by Crippen LogP contribution is -2.30. The number of hydrogen-bond donors (Lipinski definition) is 0. The molecule has 0 saturated carbocycles. The Kier molecular flexibility index (Phi) is 56.3. The van der Waals surface area contributed by atoms with E-state index in [0.29, 0.717) is 19.3 Å². The van der Waals surface area contributed by atoms with Crippen LogP contribution in [0, 0.1) is 0 Å². The fourth-order valence-corrected chi connectivity index (χ4v) is 8.77. The van der Waals surface area contributed by atoms with Gasteiger partial charge in [0, 0.05) is 19.3 Å². The summed E-state index contributed by atoms with van der Waals surface area (Å²) in [5, 5.41) is 0. The standard InChI is InChI=1S/C64H114O6/c1-4-7-10-13-16-18-20-22-24-25-26-27-28-29-30-31-32-33-34-35-36-37-38-39-41-42-44-46-48-51-54-57-63(66)69-60-61(59-68-62(65)56-53-50-15-12-9-6-3)70-64(67)58-55-52-49-47-45-43-40-23-21-19-17-14-11-8-5-2/h7,10,16,18,22,24,26-27,29-30,61H,4-6,8-9,11-15,17,19-21,23,25,28,31-60H2,1-3H3/b10-7-,18-16-,24-22-,27-26-,30-29-. The summed E-state index contributed by atoms with van der Waals surface area (Å²) in [6, 6.07) is 0. The third-order valence-corrected chi connectivity index (χ3v) is 13.3. The predicted octanol–water partition coefficient (Wildman–Crippen LogP) is 20.4. The molecule has 0 aromatic rings. The second kappa shape index (κ2) is 58.7. The molecule has 0 aliphatic heterocycles. The fourth-order valence-electron chi connectivity index (χ4n) is 8.77. The molecule has 406 valence electrons. The Morgan fingerprint density at radius 2 is 0.557 bits per heavy atom. The molecular formula is C64H114O6. The molecule has 1 unspecified atom stereocenters. The van der Waals surface area contributed by atoms with Gasteiger partial charge in [-0.15, -0.1) is 0 Å². The Hall–Kier alpha value is -2.89. The summed E-state index contributed by atoms with van der Waals surface area (Å²) in [6.07, 6.45) is 74.0. The van der Waals surface area contributed by atoms with Crippen LogP contribution in [0.5, 0.6) is 0 Å². The number of rotatable bonds is 55. The van der Waals surface area contributed by atoms with Gasteiger partial charge in [0.05, 0.1) is 0 Å². The lowest BCUT2D eigenvalue weighted by Gasteiger charge is -2.18. The van der Waals surface area contributed by atoms with E-state index in [0.717, 1.165) is 89.9 Å². The second-order valence-electron chi connectivity index (χ2n) is 20.2. The van der Waals surface area contributed by atoms with E-state index in [4.69, 9.17) is 14.2 Å². The fraction of sp³-hybridized carbons (Fsp3) is 0.797. The van der Waals surface area contributed by atoms with Crippen LogP contribution in [-0.2, 0) is 28.6 Å². The maximum absolute atomic E-state index is 12.8. The van der Waals surface area contributed by atoms with Crippen molar-refractivity contribution in [1.29, 1.82) is 0 Å². The molecule has 0 saturated heterocycles. The lowest BCUT2D eigenvalue weighted by molar-refractivity contribution is -0.167. The zero-order chi connectivity index (χ0) is 50.7. The van der Waals surface area contributed by atoms with Crippen LogP contribution in [0.15, 0.2) is 60.8 Å². The first-order valence-corrected chi connectivity index (χ1v) is 30.3. The van der Waals surface area contributed by atoms with Gasteiger partial charge in [-0.05, 0) is 64.2 Å². The second-order valence-corrected chi connectivity index (χ2v) is 20.2. The van der Waals surface area contributed by atoms with E-state index < -0.39 is 6.10 Å². The molecule has 0 N–H and O–H groups in total. The normalized spacial score (nSPS) is 12.4. The van der Waals surface area contributed by atoms with Gasteiger partial charge < -0.3 is 14.2 Å². The summed E-state index contributed by atoms with van der Waals surface area (Å²) in [7, 11) is 0. The molecule has 0 aliphatic carbocycles. The molecule has 0 aromatic carbocycles. The number of hydrogen-bond acceptors (Lipinski definition) is 6. The van der Waals surface area contributed by atoms with Crippen molar-refractivity contribution in [2.45, 2.75) is 316 Å². The van der Waals surface area contributed by atoms with E-state index in [1.165, 1.54) is 180 Å². The van der Waals surface area contributed by atoms with Crippen LogP contribution >= 0.6 is 0 Å². The van der Waals surface area contributed by atoms with Crippen molar-refractivity contribution in [3.63, 3.8) is 0 Å². The van der Waals surface area contributed by atoms with Crippen molar-refractivity contribution in [3.05, 3.63) is 60.8 Å². The Bertz CT molecular complexity index is 1260. The number of esters is 3. The van der Waals surface area contributed by atoms with E-state index in [1.807, 2.05) is 0 Å². The monoisotopic (exact) mass is 979 g/mol. The van der Waals surface area contributed by atoms with Gasteiger partial charge in [-0.3, -0.25) is 14.4 Å². The molecule has 0 aliphatic rings. The first-order valence-electron chi connectivity index (χ1n) is 30.3. The summed E-state index contributed by atoms with van der Waals surface area (Å²) in [6.45, 7) is 6.50. The number of ether oxygens (including phenoxy) is 3. The Morgan fingerprint density at radius 3 is 0.871 bits per heavy atom. The number of allylic oxidation sites excluding steroid dienone is 10. The SMILES string of the molecule is CC/C=C\C/C=C\C/C=C\C/C=C\C/C=C\CCCCCCCCCCCCCCCCCC(=O)OCC(COC(=O)CCCCCCCC)OC(=O)CCCCCCCCCCCCCCCCC. The smallest absolute Gasteiger partial charge is 0.306 e. The maximum atomic E-state index is 12.8. The van der Waals surface area contributed by atoms with Gasteiger partial charge in [0.2, 0.25) is 0 Å². The molecule has 0 bridgehead atoms. The molecule has 0 aromatic heterocycles. The van der Waals surface area contributed by atoms with Crippen LogP contribution in [0.3, 0.4) is 0 Å². The van der Waals surface area contributed by atoms with E-state index >= 15 is 0 Å². The highest BCUT2D eigenvalue weighted by Crippen LogP contribution is 2.17. The summed E-state index contributed by atoms with van der Waals surface area (Å²) < 4.78 is 16.8. The quantitative estimate of drug-likeness (QED) is 0.0261. The summed E-state index contributed by atoms with van der Waals surface area (Å²) in [4.78, 5) is 37.9. The Balaban J connectivity index is 4.00. The minimum Gasteiger partial charge on any atom is -0.462 e. The topological polar surface area (TPSA) is 78.9 Å². The van der Waals surface area contributed by atoms with Crippen LogP contribution in [0.1, 0.15) is 310 Å². The molecule has 1 atom stereocenters. The third-order valence-electron chi connectivity index (χ3n) is 13.3. The molecule has 0 radical (unpaired) electrons. The highest BCUT2D eigenvalue weighted by atomic mass is 16.6. The molecule has 6 nitrogen and oxygen atoms in total. The Labute approximate surface area is 434 Å². The highest BCUT2D eigenvalue weighted by molar-refractivity contribution is 5.71. The highest BCUT2D eigenvalue weighted by Gasteiger charge is 2.19. The van der Waals surface area contributed by atoms with Crippen LogP contribution in [-0.4, -0.2) is 37.2 Å². The zero-order valence-electron chi connectivity index (χ0n) is 46.5. The van der Waals surface area contributed by atoms with Gasteiger partial charge in [-0.2, -0.15) is 0 Å². The van der Waals surface area contributed by atoms with Gasteiger partial charge >= 0.3 is 17.9 Å². The minimum atomic E-state index is -0.766. The first-order chi connectivity index (χ1) is 34.5. The number of carbonyl (C=O) groups is 3. The Morgan fingerprint density at radius 1 is 0.300 bits per heavy atom. The molecule has 70 heavy (non-hydrogen) atoms. The van der Waals surface area contributed by atoms with E-state index in [2.05, 4.69) is 81.5 Å². The molecule has 0 rings (SSSR count). The van der Waals surface area contributed by atoms with Crippen molar-refractivity contribution in [2.24, 2.45) is 0 Å².